The molecule has 37 heavy (non-hydrogen) atoms. The van der Waals surface area contributed by atoms with Gasteiger partial charge in [-0.3, -0.25) is 4.72 Å². The highest BCUT2D eigenvalue weighted by atomic mass is 32.2. The van der Waals surface area contributed by atoms with Gasteiger partial charge in [0.2, 0.25) is 16.0 Å². The van der Waals surface area contributed by atoms with Gasteiger partial charge in [-0.15, -0.1) is 0 Å². The first kappa shape index (κ1) is 24.0. The number of fused-ring (bicyclic) bond motifs is 1. The van der Waals surface area contributed by atoms with E-state index in [2.05, 4.69) is 49.3 Å². The van der Waals surface area contributed by atoms with Crippen molar-refractivity contribution in [3.63, 3.8) is 0 Å². The zero-order valence-corrected chi connectivity index (χ0v) is 21.6. The van der Waals surface area contributed by atoms with Crippen molar-refractivity contribution in [1.82, 2.24) is 14.9 Å². The molecule has 10 nitrogen and oxygen atoms in total. The number of nitrogens with one attached hydrogen (secondary N) is 3. The normalized spacial score (nSPS) is 17.9. The molecule has 1 aliphatic carbocycles. The van der Waals surface area contributed by atoms with Crippen molar-refractivity contribution < 1.29 is 13.2 Å². The highest BCUT2D eigenvalue weighted by Crippen LogP contribution is 2.32. The van der Waals surface area contributed by atoms with E-state index in [-0.39, 0.29) is 5.25 Å². The van der Waals surface area contributed by atoms with E-state index in [9.17, 15) is 8.42 Å². The smallest absolute Gasteiger partial charge is 0.235 e. The third kappa shape index (κ3) is 5.48. The van der Waals surface area contributed by atoms with Crippen LogP contribution < -0.4 is 20.3 Å². The van der Waals surface area contributed by atoms with Gasteiger partial charge in [0.25, 0.3) is 0 Å². The van der Waals surface area contributed by atoms with Crippen molar-refractivity contribution in [3.8, 4) is 0 Å². The minimum atomic E-state index is -3.33. The zero-order valence-electron chi connectivity index (χ0n) is 20.8. The average Bonchev–Trinajstić information content (AvgIpc) is 3.64. The Kier molecular flexibility index (Phi) is 6.35. The van der Waals surface area contributed by atoms with Gasteiger partial charge in [-0.2, -0.15) is 4.98 Å². The van der Waals surface area contributed by atoms with E-state index < -0.39 is 10.0 Å². The van der Waals surface area contributed by atoms with Crippen LogP contribution in [-0.2, 0) is 28.0 Å². The summed E-state index contributed by atoms with van der Waals surface area (Å²) >= 11 is 0. The largest absolute Gasteiger partial charge is 0.370 e. The fraction of sp³-hybridized carbons (Fsp3) is 0.385. The molecule has 1 saturated heterocycles. The highest BCUT2D eigenvalue weighted by Gasteiger charge is 2.35. The molecule has 1 aromatic heterocycles. The Hall–Kier alpha value is -3.41. The summed E-state index contributed by atoms with van der Waals surface area (Å²) in [7, 11) is -1.18. The number of rotatable bonds is 8. The topological polar surface area (TPSA) is 112 Å². The molecule has 0 unspecified atom stereocenters. The van der Waals surface area contributed by atoms with Gasteiger partial charge in [0.1, 0.15) is 5.82 Å². The summed E-state index contributed by atoms with van der Waals surface area (Å²) in [6.45, 7) is 5.02. The van der Waals surface area contributed by atoms with Crippen LogP contribution in [0, 0.1) is 0 Å². The summed E-state index contributed by atoms with van der Waals surface area (Å²) in [6.07, 6.45) is 1.43. The first-order valence-electron chi connectivity index (χ1n) is 12.6. The van der Waals surface area contributed by atoms with Crippen molar-refractivity contribution in [3.05, 3.63) is 59.8 Å². The number of hydrogen-bond donors (Lipinski definition) is 3. The lowest BCUT2D eigenvalue weighted by Crippen LogP contribution is -2.44. The molecule has 194 valence electrons. The van der Waals surface area contributed by atoms with Gasteiger partial charge in [0.05, 0.1) is 29.8 Å². The molecule has 0 amide bonds. The Bertz CT molecular complexity index is 1390. The van der Waals surface area contributed by atoms with Crippen molar-refractivity contribution in [2.24, 2.45) is 0 Å². The second-order valence-electron chi connectivity index (χ2n) is 9.83. The second-order valence-corrected chi connectivity index (χ2v) is 11.8. The molecule has 0 spiro atoms. The number of aromatic nitrogens is 2. The SMILES string of the molecule is CN1CCN(c2ccc(Nc3nc4c(c(Nc5cccc(NS(=O)(=O)C6CC6)c5)n3)COC4)cc2)CC1. The average molecular weight is 522 g/mol. The van der Waals surface area contributed by atoms with Crippen LogP contribution in [0.4, 0.5) is 34.5 Å². The van der Waals surface area contributed by atoms with Crippen molar-refractivity contribution in [2.75, 3.05) is 53.5 Å². The first-order valence-corrected chi connectivity index (χ1v) is 14.1. The Morgan fingerprint density at radius 2 is 1.65 bits per heavy atom. The number of nitrogens with zero attached hydrogens (tertiary/aromatic N) is 4. The van der Waals surface area contributed by atoms with Gasteiger partial charge < -0.3 is 25.2 Å². The lowest BCUT2D eigenvalue weighted by atomic mass is 10.2. The second kappa shape index (κ2) is 9.81. The molecular weight excluding hydrogens is 490 g/mol. The van der Waals surface area contributed by atoms with Crippen molar-refractivity contribution in [1.29, 1.82) is 0 Å². The molecule has 3 aliphatic rings. The van der Waals surface area contributed by atoms with Crippen molar-refractivity contribution >= 4 is 44.5 Å². The third-order valence-corrected chi connectivity index (χ3v) is 8.79. The van der Waals surface area contributed by atoms with E-state index in [4.69, 9.17) is 9.72 Å². The molecular formula is C26H31N7O3S. The number of piperazine rings is 1. The maximum absolute atomic E-state index is 12.3. The summed E-state index contributed by atoms with van der Waals surface area (Å²) in [5.41, 5.74) is 5.10. The summed E-state index contributed by atoms with van der Waals surface area (Å²) < 4.78 is 33.0. The van der Waals surface area contributed by atoms with E-state index in [0.29, 0.717) is 43.5 Å². The molecule has 0 bridgehead atoms. The standard InChI is InChI=1S/C26H31N7O3S/c1-32-11-13-33(14-12-32)21-7-5-18(6-8-21)28-26-29-24-17-36-16-23(24)25(30-26)27-19-3-2-4-20(15-19)31-37(34,35)22-9-10-22/h2-8,15,22,31H,9-14,16-17H2,1H3,(H2,27,28,29,30). The molecule has 0 radical (unpaired) electrons. The Morgan fingerprint density at radius 1 is 0.892 bits per heavy atom. The fourth-order valence-electron chi connectivity index (χ4n) is 4.58. The highest BCUT2D eigenvalue weighted by molar-refractivity contribution is 7.93. The number of ether oxygens (including phenoxy) is 1. The summed E-state index contributed by atoms with van der Waals surface area (Å²) in [4.78, 5) is 14.1. The quantitative estimate of drug-likeness (QED) is 0.409. The van der Waals surface area contributed by atoms with Crippen molar-refractivity contribution in [2.45, 2.75) is 31.3 Å². The first-order chi connectivity index (χ1) is 17.9. The number of likely N-dealkylation sites (N-methyl/N-ethyl adjacent to an activating group) is 1. The van der Waals surface area contributed by atoms with E-state index in [0.717, 1.165) is 48.8 Å². The predicted octanol–water partition coefficient (Wildman–Crippen LogP) is 3.65. The van der Waals surface area contributed by atoms with Gasteiger partial charge in [-0.05, 0) is 62.4 Å². The maximum Gasteiger partial charge on any atom is 0.235 e. The molecule has 2 fully saturated rings. The number of benzene rings is 2. The van der Waals surface area contributed by atoms with Crippen LogP contribution in [0.25, 0.3) is 0 Å². The van der Waals surface area contributed by atoms with E-state index in [1.807, 2.05) is 24.3 Å². The van der Waals surface area contributed by atoms with E-state index in [1.165, 1.54) is 5.69 Å². The van der Waals surface area contributed by atoms with Gasteiger partial charge >= 0.3 is 0 Å². The monoisotopic (exact) mass is 521 g/mol. The molecule has 11 heteroatoms. The van der Waals surface area contributed by atoms with Crippen LogP contribution in [0.1, 0.15) is 24.1 Å². The molecule has 2 aromatic carbocycles. The maximum atomic E-state index is 12.3. The van der Waals surface area contributed by atoms with Gasteiger partial charge in [-0.25, -0.2) is 13.4 Å². The number of sulfonamides is 1. The fourth-order valence-corrected chi connectivity index (χ4v) is 5.96. The van der Waals surface area contributed by atoms with Crippen LogP contribution in [0.15, 0.2) is 48.5 Å². The lowest BCUT2D eigenvalue weighted by molar-refractivity contribution is 0.133. The summed E-state index contributed by atoms with van der Waals surface area (Å²) in [5, 5.41) is 6.38. The van der Waals surface area contributed by atoms with Gasteiger partial charge in [-0.1, -0.05) is 6.07 Å². The molecule has 6 rings (SSSR count). The molecule has 2 aliphatic heterocycles. The minimum absolute atomic E-state index is 0.282. The van der Waals surface area contributed by atoms with Crippen LogP contribution in [0.5, 0.6) is 0 Å². The minimum Gasteiger partial charge on any atom is -0.370 e. The summed E-state index contributed by atoms with van der Waals surface area (Å²) in [5.74, 6) is 1.12. The predicted molar refractivity (Wildman–Crippen MR) is 145 cm³/mol. The lowest BCUT2D eigenvalue weighted by Gasteiger charge is -2.34. The van der Waals surface area contributed by atoms with Crippen LogP contribution >= 0.6 is 0 Å². The van der Waals surface area contributed by atoms with Gasteiger partial charge in [0.15, 0.2) is 0 Å². The van der Waals surface area contributed by atoms with E-state index in [1.54, 1.807) is 12.1 Å². The molecule has 3 N–H and O–H groups in total. The Morgan fingerprint density at radius 3 is 2.41 bits per heavy atom. The molecule has 0 atom stereocenters. The third-order valence-electron chi connectivity index (χ3n) is 6.92. The Balaban J connectivity index is 1.19. The molecule has 1 saturated carbocycles. The van der Waals surface area contributed by atoms with Gasteiger partial charge in [0, 0.05) is 48.8 Å². The van der Waals surface area contributed by atoms with Crippen LogP contribution in [-0.4, -0.2) is 61.8 Å². The molecule has 3 heterocycles. The Labute approximate surface area is 217 Å². The zero-order chi connectivity index (χ0) is 25.4. The van der Waals surface area contributed by atoms with Crippen LogP contribution in [0.3, 0.4) is 0 Å². The van der Waals surface area contributed by atoms with Crippen LogP contribution in [0.2, 0.25) is 0 Å². The number of anilines is 6. The van der Waals surface area contributed by atoms with E-state index >= 15 is 0 Å². The number of hydrogen-bond acceptors (Lipinski definition) is 9. The summed E-state index contributed by atoms with van der Waals surface area (Å²) in [6, 6.07) is 15.5. The molecule has 3 aromatic rings.